The summed E-state index contributed by atoms with van der Waals surface area (Å²) in [6, 6.07) is 12.2. The number of nitrogens with zero attached hydrogens (tertiary/aromatic N) is 3. The van der Waals surface area contributed by atoms with Crippen LogP contribution >= 0.6 is 0 Å². The molecule has 0 saturated carbocycles. The average Bonchev–Trinajstić information content (AvgIpc) is 3.20. The van der Waals surface area contributed by atoms with Crippen molar-refractivity contribution in [3.8, 4) is 0 Å². The minimum absolute atomic E-state index is 0.273. The zero-order chi connectivity index (χ0) is 16.2. The number of ether oxygens (including phenoxy) is 1. The molecule has 5 nitrogen and oxygen atoms in total. The van der Waals surface area contributed by atoms with Gasteiger partial charge in [-0.05, 0) is 38.5 Å². The molecule has 2 aromatic rings. The predicted octanol–water partition coefficient (Wildman–Crippen LogP) is 2.89. The smallest absolute Gasteiger partial charge is 0.356 e. The second kappa shape index (κ2) is 6.86. The average molecular weight is 313 g/mol. The van der Waals surface area contributed by atoms with E-state index in [4.69, 9.17) is 4.74 Å². The number of carbonyl (C=O) groups is 1. The first-order valence-electron chi connectivity index (χ1n) is 8.19. The van der Waals surface area contributed by atoms with Gasteiger partial charge in [-0.1, -0.05) is 18.2 Å². The van der Waals surface area contributed by atoms with Crippen molar-refractivity contribution in [2.24, 2.45) is 5.92 Å². The number of aryl methyl sites for hydroxylation is 2. The molecule has 1 fully saturated rings. The molecule has 0 amide bonds. The van der Waals surface area contributed by atoms with E-state index in [1.54, 1.807) is 10.7 Å². The van der Waals surface area contributed by atoms with Gasteiger partial charge in [0, 0.05) is 31.2 Å². The molecule has 2 heterocycles. The summed E-state index contributed by atoms with van der Waals surface area (Å²) in [5.74, 6) is 0.115. The van der Waals surface area contributed by atoms with Gasteiger partial charge in [-0.25, -0.2) is 4.79 Å². The fraction of sp³-hybridized carbons (Fsp3) is 0.444. The standard InChI is InChI=1S/C18H23N3O2/c1-3-21-17(11-14(2)19-21)18(22)23-13-15-9-10-20(12-15)16-7-5-4-6-8-16/h4-8,11,15H,3,9-10,12-13H2,1-2H3/t15-/m1/s1. The molecule has 5 heteroatoms. The van der Waals surface area contributed by atoms with Gasteiger partial charge in [-0.3, -0.25) is 4.68 Å². The highest BCUT2D eigenvalue weighted by atomic mass is 16.5. The minimum atomic E-state index is -0.273. The van der Waals surface area contributed by atoms with Crippen molar-refractivity contribution in [1.29, 1.82) is 0 Å². The summed E-state index contributed by atoms with van der Waals surface area (Å²) in [6.45, 7) is 6.94. The van der Waals surface area contributed by atoms with Crippen LogP contribution < -0.4 is 4.90 Å². The zero-order valence-corrected chi connectivity index (χ0v) is 13.7. The first kappa shape index (κ1) is 15.6. The topological polar surface area (TPSA) is 47.4 Å². The summed E-state index contributed by atoms with van der Waals surface area (Å²) in [5.41, 5.74) is 2.62. The summed E-state index contributed by atoms with van der Waals surface area (Å²) in [7, 11) is 0. The van der Waals surface area contributed by atoms with Crippen LogP contribution in [-0.4, -0.2) is 35.4 Å². The zero-order valence-electron chi connectivity index (χ0n) is 13.7. The molecular formula is C18H23N3O2. The monoisotopic (exact) mass is 313 g/mol. The number of hydrogen-bond donors (Lipinski definition) is 0. The molecule has 0 aliphatic carbocycles. The molecule has 3 rings (SSSR count). The fourth-order valence-electron chi connectivity index (χ4n) is 3.06. The van der Waals surface area contributed by atoms with Gasteiger partial charge in [0.1, 0.15) is 5.69 Å². The Morgan fingerprint density at radius 2 is 2.13 bits per heavy atom. The summed E-state index contributed by atoms with van der Waals surface area (Å²) in [4.78, 5) is 14.6. The number of rotatable bonds is 5. The Kier molecular flexibility index (Phi) is 4.65. The fourth-order valence-corrected chi connectivity index (χ4v) is 3.06. The molecule has 0 unspecified atom stereocenters. The molecular weight excluding hydrogens is 290 g/mol. The predicted molar refractivity (Wildman–Crippen MR) is 89.7 cm³/mol. The summed E-state index contributed by atoms with van der Waals surface area (Å²) in [6.07, 6.45) is 1.05. The third-order valence-electron chi connectivity index (χ3n) is 4.27. The Bertz CT molecular complexity index is 666. The number of para-hydroxylation sites is 1. The lowest BCUT2D eigenvalue weighted by atomic mass is 10.1. The van der Waals surface area contributed by atoms with E-state index in [-0.39, 0.29) is 5.97 Å². The molecule has 0 N–H and O–H groups in total. The van der Waals surface area contributed by atoms with Crippen LogP contribution in [0.1, 0.15) is 29.5 Å². The lowest BCUT2D eigenvalue weighted by molar-refractivity contribution is 0.0437. The Hall–Kier alpha value is -2.30. The first-order valence-corrected chi connectivity index (χ1v) is 8.19. The lowest BCUT2D eigenvalue weighted by Crippen LogP contribution is -2.22. The molecule has 0 bridgehead atoms. The maximum absolute atomic E-state index is 12.2. The number of esters is 1. The van der Waals surface area contributed by atoms with Gasteiger partial charge in [-0.2, -0.15) is 5.10 Å². The minimum Gasteiger partial charge on any atom is -0.461 e. The maximum Gasteiger partial charge on any atom is 0.356 e. The number of hydrogen-bond acceptors (Lipinski definition) is 4. The van der Waals surface area contributed by atoms with Crippen molar-refractivity contribution >= 4 is 11.7 Å². The molecule has 1 aliphatic rings. The highest BCUT2D eigenvalue weighted by Gasteiger charge is 2.24. The van der Waals surface area contributed by atoms with E-state index >= 15 is 0 Å². The molecule has 1 saturated heterocycles. The Morgan fingerprint density at radius 1 is 1.35 bits per heavy atom. The molecule has 122 valence electrons. The molecule has 0 spiro atoms. The van der Waals surface area contributed by atoms with Crippen molar-refractivity contribution < 1.29 is 9.53 Å². The normalized spacial score (nSPS) is 17.5. The van der Waals surface area contributed by atoms with E-state index in [9.17, 15) is 4.79 Å². The van der Waals surface area contributed by atoms with Gasteiger partial charge in [0.2, 0.25) is 0 Å². The Labute approximate surface area is 136 Å². The third kappa shape index (κ3) is 3.55. The Morgan fingerprint density at radius 3 is 2.87 bits per heavy atom. The van der Waals surface area contributed by atoms with Crippen LogP contribution in [0.4, 0.5) is 5.69 Å². The lowest BCUT2D eigenvalue weighted by Gasteiger charge is -2.18. The summed E-state index contributed by atoms with van der Waals surface area (Å²) in [5, 5.41) is 4.29. The van der Waals surface area contributed by atoms with E-state index in [1.165, 1.54) is 5.69 Å². The molecule has 0 radical (unpaired) electrons. The third-order valence-corrected chi connectivity index (χ3v) is 4.27. The van der Waals surface area contributed by atoms with Gasteiger partial charge in [0.05, 0.1) is 12.3 Å². The van der Waals surface area contributed by atoms with Crippen LogP contribution in [0.25, 0.3) is 0 Å². The van der Waals surface area contributed by atoms with Gasteiger partial charge >= 0.3 is 5.97 Å². The number of anilines is 1. The van der Waals surface area contributed by atoms with Crippen molar-refractivity contribution in [2.75, 3.05) is 24.6 Å². The van der Waals surface area contributed by atoms with Crippen LogP contribution in [0.2, 0.25) is 0 Å². The highest BCUT2D eigenvalue weighted by Crippen LogP contribution is 2.23. The quantitative estimate of drug-likeness (QED) is 0.796. The second-order valence-corrected chi connectivity index (χ2v) is 6.02. The summed E-state index contributed by atoms with van der Waals surface area (Å²) < 4.78 is 7.22. The van der Waals surface area contributed by atoms with Gasteiger partial charge in [0.15, 0.2) is 0 Å². The van der Waals surface area contributed by atoms with Crippen molar-refractivity contribution in [1.82, 2.24) is 9.78 Å². The van der Waals surface area contributed by atoms with Crippen LogP contribution in [0.5, 0.6) is 0 Å². The van der Waals surface area contributed by atoms with E-state index in [2.05, 4.69) is 34.3 Å². The SMILES string of the molecule is CCn1nc(C)cc1C(=O)OC[C@@H]1CCN(c2ccccc2)C1. The maximum atomic E-state index is 12.2. The number of benzene rings is 1. The van der Waals surface area contributed by atoms with E-state index < -0.39 is 0 Å². The molecule has 23 heavy (non-hydrogen) atoms. The van der Waals surface area contributed by atoms with Crippen LogP contribution in [0, 0.1) is 12.8 Å². The van der Waals surface area contributed by atoms with Crippen LogP contribution in [0.3, 0.4) is 0 Å². The second-order valence-electron chi connectivity index (χ2n) is 6.02. The highest BCUT2D eigenvalue weighted by molar-refractivity contribution is 5.87. The van der Waals surface area contributed by atoms with Crippen LogP contribution in [-0.2, 0) is 11.3 Å². The van der Waals surface area contributed by atoms with Crippen molar-refractivity contribution in [2.45, 2.75) is 26.8 Å². The summed E-state index contributed by atoms with van der Waals surface area (Å²) >= 11 is 0. The van der Waals surface area contributed by atoms with Gasteiger partial charge in [0.25, 0.3) is 0 Å². The van der Waals surface area contributed by atoms with Gasteiger partial charge in [-0.15, -0.1) is 0 Å². The van der Waals surface area contributed by atoms with Crippen molar-refractivity contribution in [3.05, 3.63) is 47.8 Å². The first-order chi connectivity index (χ1) is 11.2. The van der Waals surface area contributed by atoms with Gasteiger partial charge < -0.3 is 9.64 Å². The molecule has 1 aromatic carbocycles. The largest absolute Gasteiger partial charge is 0.461 e. The van der Waals surface area contributed by atoms with E-state index in [0.29, 0.717) is 24.8 Å². The van der Waals surface area contributed by atoms with Crippen molar-refractivity contribution in [3.63, 3.8) is 0 Å². The molecule has 1 aromatic heterocycles. The molecule has 1 aliphatic heterocycles. The Balaban J connectivity index is 1.54. The van der Waals surface area contributed by atoms with E-state index in [1.807, 2.05) is 19.9 Å². The number of aromatic nitrogens is 2. The molecule has 1 atom stereocenters. The van der Waals surface area contributed by atoms with E-state index in [0.717, 1.165) is 25.2 Å². The van der Waals surface area contributed by atoms with Crippen LogP contribution in [0.15, 0.2) is 36.4 Å². The number of carbonyl (C=O) groups excluding carboxylic acids is 1.